The highest BCUT2D eigenvalue weighted by Gasteiger charge is 2.12. The molecule has 2 saturated heterocycles. The van der Waals surface area contributed by atoms with Gasteiger partial charge in [0.15, 0.2) is 0 Å². The van der Waals surface area contributed by atoms with Crippen molar-refractivity contribution < 1.29 is 0 Å². The first kappa shape index (κ1) is 26.9. The van der Waals surface area contributed by atoms with Gasteiger partial charge in [-0.2, -0.15) is 0 Å². The summed E-state index contributed by atoms with van der Waals surface area (Å²) in [6.45, 7) is 23.0. The van der Waals surface area contributed by atoms with Crippen LogP contribution in [0.15, 0.2) is 0 Å². The quantitative estimate of drug-likeness (QED) is 0.523. The minimum atomic E-state index is 0.845. The second kappa shape index (κ2) is 16.8. The third-order valence-corrected chi connectivity index (χ3v) is 5.35. The molecule has 2 fully saturated rings. The lowest BCUT2D eigenvalue weighted by atomic mass is 10.1. The van der Waals surface area contributed by atoms with Gasteiger partial charge in [-0.05, 0) is 116 Å². The van der Waals surface area contributed by atoms with E-state index in [4.69, 9.17) is 0 Å². The fourth-order valence-electron chi connectivity index (χ4n) is 3.01. The van der Waals surface area contributed by atoms with Crippen LogP contribution in [-0.2, 0) is 0 Å². The maximum absolute atomic E-state index is 2.58. The highest BCUT2D eigenvalue weighted by atomic mass is 15.2. The van der Waals surface area contributed by atoms with Crippen molar-refractivity contribution in [1.82, 2.24) is 14.7 Å². The van der Waals surface area contributed by atoms with E-state index in [0.29, 0.717) is 0 Å². The van der Waals surface area contributed by atoms with Crippen molar-refractivity contribution in [2.24, 2.45) is 17.8 Å². The van der Waals surface area contributed by atoms with Crippen LogP contribution in [0.5, 0.6) is 0 Å². The minimum Gasteiger partial charge on any atom is -0.309 e. The first-order chi connectivity index (χ1) is 12.7. The molecule has 0 atom stereocenters. The van der Waals surface area contributed by atoms with Gasteiger partial charge in [0.2, 0.25) is 0 Å². The topological polar surface area (TPSA) is 9.72 Å². The van der Waals surface area contributed by atoms with E-state index < -0.39 is 0 Å². The second-order valence-electron chi connectivity index (χ2n) is 10.1. The number of nitrogens with zero attached hydrogens (tertiary/aromatic N) is 3. The van der Waals surface area contributed by atoms with Crippen LogP contribution in [0.25, 0.3) is 0 Å². The van der Waals surface area contributed by atoms with Crippen molar-refractivity contribution in [2.45, 2.75) is 80.1 Å². The summed E-state index contributed by atoms with van der Waals surface area (Å²) in [7, 11) is 4.23. The summed E-state index contributed by atoms with van der Waals surface area (Å²) >= 11 is 0. The molecular formula is C24H53N3. The molecule has 2 aliphatic rings. The number of hydrogen-bond donors (Lipinski definition) is 0. The van der Waals surface area contributed by atoms with Crippen LogP contribution < -0.4 is 0 Å². The zero-order valence-corrected chi connectivity index (χ0v) is 20.3. The molecule has 0 aromatic heterocycles. The van der Waals surface area contributed by atoms with Gasteiger partial charge in [-0.3, -0.25) is 0 Å². The van der Waals surface area contributed by atoms with E-state index in [1.807, 2.05) is 0 Å². The zero-order chi connectivity index (χ0) is 20.7. The SMILES string of the molecule is CC(C)CCN(C)C.CC(C)CCN1CCC1.CC(C)CCN1CCCC1. The lowest BCUT2D eigenvalue weighted by molar-refractivity contribution is 0.172. The lowest BCUT2D eigenvalue weighted by Crippen LogP contribution is -2.38. The van der Waals surface area contributed by atoms with Gasteiger partial charge in [-0.15, -0.1) is 0 Å². The van der Waals surface area contributed by atoms with Crippen molar-refractivity contribution in [3.05, 3.63) is 0 Å². The molecule has 0 spiro atoms. The Morgan fingerprint density at radius 3 is 1.19 bits per heavy atom. The molecular weight excluding hydrogens is 330 g/mol. The van der Waals surface area contributed by atoms with Crippen molar-refractivity contribution in [1.29, 1.82) is 0 Å². The zero-order valence-electron chi connectivity index (χ0n) is 20.3. The highest BCUT2D eigenvalue weighted by molar-refractivity contribution is 4.68. The average Bonchev–Trinajstić information content (AvgIpc) is 3.04. The highest BCUT2D eigenvalue weighted by Crippen LogP contribution is 2.10. The molecule has 3 heteroatoms. The van der Waals surface area contributed by atoms with Crippen molar-refractivity contribution in [2.75, 3.05) is 59.9 Å². The summed E-state index contributed by atoms with van der Waals surface area (Å²) < 4.78 is 0. The average molecular weight is 384 g/mol. The third-order valence-electron chi connectivity index (χ3n) is 5.35. The first-order valence-corrected chi connectivity index (χ1v) is 11.8. The Morgan fingerprint density at radius 2 is 0.963 bits per heavy atom. The molecule has 0 amide bonds. The van der Waals surface area contributed by atoms with Gasteiger partial charge >= 0.3 is 0 Å². The van der Waals surface area contributed by atoms with E-state index in [2.05, 4.69) is 70.3 Å². The van der Waals surface area contributed by atoms with E-state index in [-0.39, 0.29) is 0 Å². The predicted octanol–water partition coefficient (Wildman–Crippen LogP) is 5.46. The van der Waals surface area contributed by atoms with Gasteiger partial charge in [0.1, 0.15) is 0 Å². The molecule has 164 valence electrons. The van der Waals surface area contributed by atoms with Gasteiger partial charge in [-0.1, -0.05) is 41.5 Å². The molecule has 3 nitrogen and oxygen atoms in total. The third kappa shape index (κ3) is 19.0. The standard InChI is InChI=1S/C9H19N.C8H17N.C7H17N/c1-9(2)5-8-10-6-3-4-7-10;1-8(2)4-7-9-5-3-6-9;1-7(2)5-6-8(3)4/h9H,3-8H2,1-2H3;8H,3-7H2,1-2H3;7H,5-6H2,1-4H3. The van der Waals surface area contributed by atoms with Gasteiger partial charge in [0.25, 0.3) is 0 Å². The Kier molecular flexibility index (Phi) is 16.7. The summed E-state index contributed by atoms with van der Waals surface area (Å²) in [4.78, 5) is 7.33. The smallest absolute Gasteiger partial charge is 0.000654 e. The van der Waals surface area contributed by atoms with E-state index in [0.717, 1.165) is 17.8 Å². The van der Waals surface area contributed by atoms with E-state index >= 15 is 0 Å². The predicted molar refractivity (Wildman–Crippen MR) is 124 cm³/mol. The van der Waals surface area contributed by atoms with Crippen molar-refractivity contribution in [3.63, 3.8) is 0 Å². The van der Waals surface area contributed by atoms with Crippen LogP contribution in [0.1, 0.15) is 80.1 Å². The first-order valence-electron chi connectivity index (χ1n) is 11.8. The number of rotatable bonds is 9. The normalized spacial score (nSPS) is 17.8. The van der Waals surface area contributed by atoms with Gasteiger partial charge in [0.05, 0.1) is 0 Å². The molecule has 2 heterocycles. The molecule has 0 saturated carbocycles. The molecule has 27 heavy (non-hydrogen) atoms. The van der Waals surface area contributed by atoms with Gasteiger partial charge in [-0.25, -0.2) is 0 Å². The summed E-state index contributed by atoms with van der Waals surface area (Å²) in [5.41, 5.74) is 0. The molecule has 0 aliphatic carbocycles. The molecule has 2 rings (SSSR count). The molecule has 0 unspecified atom stereocenters. The summed E-state index contributed by atoms with van der Waals surface area (Å²) in [5, 5.41) is 0. The number of hydrogen-bond acceptors (Lipinski definition) is 3. The Hall–Kier alpha value is -0.120. The molecule has 0 radical (unpaired) electrons. The van der Waals surface area contributed by atoms with E-state index in [1.165, 1.54) is 84.3 Å². The molecule has 0 aromatic rings. The van der Waals surface area contributed by atoms with Crippen LogP contribution in [0.2, 0.25) is 0 Å². The van der Waals surface area contributed by atoms with E-state index in [1.54, 1.807) is 0 Å². The fourth-order valence-corrected chi connectivity index (χ4v) is 3.01. The maximum atomic E-state index is 2.58. The molecule has 0 aromatic carbocycles. The summed E-state index contributed by atoms with van der Waals surface area (Å²) in [6, 6.07) is 0. The fraction of sp³-hybridized carbons (Fsp3) is 1.00. The van der Waals surface area contributed by atoms with Gasteiger partial charge in [0, 0.05) is 0 Å². The largest absolute Gasteiger partial charge is 0.309 e. The lowest BCUT2D eigenvalue weighted by Gasteiger charge is -2.31. The van der Waals surface area contributed by atoms with Crippen LogP contribution in [0, 0.1) is 17.8 Å². The Morgan fingerprint density at radius 1 is 0.593 bits per heavy atom. The molecule has 0 bridgehead atoms. The van der Waals surface area contributed by atoms with E-state index in [9.17, 15) is 0 Å². The Bertz CT molecular complexity index is 295. The van der Waals surface area contributed by atoms with Gasteiger partial charge < -0.3 is 14.7 Å². The Labute approximate surface area is 172 Å². The number of likely N-dealkylation sites (tertiary alicyclic amines) is 2. The van der Waals surface area contributed by atoms with Crippen LogP contribution in [0.4, 0.5) is 0 Å². The molecule has 2 aliphatic heterocycles. The van der Waals surface area contributed by atoms with Crippen LogP contribution in [-0.4, -0.2) is 74.6 Å². The minimum absolute atomic E-state index is 0.845. The molecule has 0 N–H and O–H groups in total. The van der Waals surface area contributed by atoms with Crippen molar-refractivity contribution >= 4 is 0 Å². The van der Waals surface area contributed by atoms with Crippen molar-refractivity contribution in [3.8, 4) is 0 Å². The van der Waals surface area contributed by atoms with Crippen LogP contribution >= 0.6 is 0 Å². The second-order valence-corrected chi connectivity index (χ2v) is 10.1. The summed E-state index contributed by atoms with van der Waals surface area (Å²) in [5.74, 6) is 2.60. The van der Waals surface area contributed by atoms with Crippen LogP contribution in [0.3, 0.4) is 0 Å². The Balaban J connectivity index is 0.000000379. The monoisotopic (exact) mass is 383 g/mol. The summed E-state index contributed by atoms with van der Waals surface area (Å²) in [6.07, 6.45) is 8.35. The maximum Gasteiger partial charge on any atom is -0.000654 e.